The predicted molar refractivity (Wildman–Crippen MR) is 121 cm³/mol. The molecular formula is C21H18BrN5OS. The summed E-state index contributed by atoms with van der Waals surface area (Å²) in [6.07, 6.45) is 0. The lowest BCUT2D eigenvalue weighted by Crippen LogP contribution is -2.23. The maximum absolute atomic E-state index is 12.8. The number of carbonyl (C=O) groups is 1. The third kappa shape index (κ3) is 3.99. The molecule has 6 nitrogen and oxygen atoms in total. The van der Waals surface area contributed by atoms with E-state index in [9.17, 15) is 4.79 Å². The van der Waals surface area contributed by atoms with Crippen LogP contribution in [-0.2, 0) is 4.79 Å². The molecule has 0 radical (unpaired) electrons. The number of amides is 1. The van der Waals surface area contributed by atoms with Gasteiger partial charge in [-0.15, -0.1) is 10.2 Å². The van der Waals surface area contributed by atoms with Gasteiger partial charge in [-0.05, 0) is 30.5 Å². The molecule has 1 atom stereocenters. The number of halogens is 1. The van der Waals surface area contributed by atoms with Crippen molar-refractivity contribution in [2.24, 2.45) is 0 Å². The molecule has 0 spiro atoms. The van der Waals surface area contributed by atoms with Crippen molar-refractivity contribution < 1.29 is 4.79 Å². The normalized spacial score (nSPS) is 12.1. The minimum atomic E-state index is -0.410. The first-order valence-corrected chi connectivity index (χ1v) is 10.6. The van der Waals surface area contributed by atoms with E-state index in [1.54, 1.807) is 0 Å². The Morgan fingerprint density at radius 1 is 1.07 bits per heavy atom. The number of hydrogen-bond donors (Lipinski definition) is 2. The van der Waals surface area contributed by atoms with E-state index in [2.05, 4.69) is 31.4 Å². The van der Waals surface area contributed by atoms with Gasteiger partial charge >= 0.3 is 0 Å². The van der Waals surface area contributed by atoms with E-state index in [0.29, 0.717) is 11.0 Å². The van der Waals surface area contributed by atoms with Crippen LogP contribution in [0.4, 0.5) is 5.69 Å². The van der Waals surface area contributed by atoms with Crippen molar-refractivity contribution in [3.63, 3.8) is 0 Å². The first-order valence-electron chi connectivity index (χ1n) is 8.95. The Kier molecular flexibility index (Phi) is 5.55. The molecule has 3 N–H and O–H groups in total. The molecule has 3 aromatic carbocycles. The molecule has 0 fully saturated rings. The molecule has 1 unspecified atom stereocenters. The number of carbonyl (C=O) groups excluding carboxylic acids is 1. The summed E-state index contributed by atoms with van der Waals surface area (Å²) < 4.78 is 2.28. The highest BCUT2D eigenvalue weighted by atomic mass is 79.9. The van der Waals surface area contributed by atoms with Crippen molar-refractivity contribution in [1.29, 1.82) is 0 Å². The minimum Gasteiger partial charge on any atom is -0.335 e. The van der Waals surface area contributed by atoms with Crippen molar-refractivity contribution in [3.05, 3.63) is 71.2 Å². The van der Waals surface area contributed by atoms with Gasteiger partial charge in [-0.1, -0.05) is 76.2 Å². The van der Waals surface area contributed by atoms with E-state index in [1.165, 1.54) is 16.4 Å². The number of fused-ring (bicyclic) bond motifs is 1. The van der Waals surface area contributed by atoms with Crippen LogP contribution in [0.3, 0.4) is 0 Å². The first kappa shape index (κ1) is 19.5. The lowest BCUT2D eigenvalue weighted by molar-refractivity contribution is -0.115. The summed E-state index contributed by atoms with van der Waals surface area (Å²) in [6, 6.07) is 21.4. The molecule has 0 aliphatic carbocycles. The van der Waals surface area contributed by atoms with Crippen LogP contribution in [0.15, 0.2) is 76.4 Å². The molecule has 0 saturated heterocycles. The molecule has 4 rings (SSSR count). The van der Waals surface area contributed by atoms with Crippen LogP contribution >= 0.6 is 27.7 Å². The molecule has 0 aliphatic rings. The quantitative estimate of drug-likeness (QED) is 0.328. The summed E-state index contributed by atoms with van der Waals surface area (Å²) >= 11 is 4.76. The number of nitrogens with zero attached hydrogens (tertiary/aromatic N) is 3. The Hall–Kier alpha value is -2.84. The van der Waals surface area contributed by atoms with Gasteiger partial charge in [0, 0.05) is 21.1 Å². The summed E-state index contributed by atoms with van der Waals surface area (Å²) in [5.74, 6) is 6.60. The van der Waals surface area contributed by atoms with Crippen LogP contribution in [-0.4, -0.2) is 26.0 Å². The maximum Gasteiger partial charge on any atom is 0.237 e. The molecule has 29 heavy (non-hydrogen) atoms. The van der Waals surface area contributed by atoms with E-state index in [4.69, 9.17) is 5.84 Å². The zero-order valence-electron chi connectivity index (χ0n) is 15.5. The zero-order valence-corrected chi connectivity index (χ0v) is 17.9. The van der Waals surface area contributed by atoms with E-state index < -0.39 is 5.25 Å². The van der Waals surface area contributed by atoms with Crippen molar-refractivity contribution >= 4 is 50.1 Å². The second-order valence-corrected chi connectivity index (χ2v) is 8.59. The standard InChI is InChI=1S/C21H18BrN5OS/c1-13(20(28)24-18-12-6-8-14-7-2-3-9-15(14)18)29-21-26-25-19(27(21)23)16-10-4-5-11-17(16)22/h2-13H,23H2,1H3,(H,24,28). The third-order valence-corrected chi connectivity index (χ3v) is 6.23. The number of rotatable bonds is 5. The van der Waals surface area contributed by atoms with Gasteiger partial charge in [-0.3, -0.25) is 4.79 Å². The highest BCUT2D eigenvalue weighted by Gasteiger charge is 2.21. The molecule has 0 saturated carbocycles. The van der Waals surface area contributed by atoms with Crippen molar-refractivity contribution in [1.82, 2.24) is 14.9 Å². The molecule has 0 aliphatic heterocycles. The second kappa shape index (κ2) is 8.26. The van der Waals surface area contributed by atoms with Crippen LogP contribution in [0.1, 0.15) is 6.92 Å². The predicted octanol–water partition coefficient (Wildman–Crippen LogP) is 4.69. The number of aromatic nitrogens is 3. The number of nitrogens with two attached hydrogens (primary N) is 1. The van der Waals surface area contributed by atoms with E-state index in [-0.39, 0.29) is 5.91 Å². The topological polar surface area (TPSA) is 85.8 Å². The van der Waals surface area contributed by atoms with Crippen molar-refractivity contribution in [2.75, 3.05) is 11.2 Å². The molecule has 1 amide bonds. The van der Waals surface area contributed by atoms with E-state index in [0.717, 1.165) is 26.5 Å². The van der Waals surface area contributed by atoms with Gasteiger partial charge in [0.15, 0.2) is 5.82 Å². The summed E-state index contributed by atoms with van der Waals surface area (Å²) in [5.41, 5.74) is 1.62. The summed E-state index contributed by atoms with van der Waals surface area (Å²) in [5, 5.41) is 13.5. The van der Waals surface area contributed by atoms with Crippen LogP contribution < -0.4 is 11.2 Å². The van der Waals surface area contributed by atoms with Gasteiger partial charge in [-0.25, -0.2) is 4.68 Å². The smallest absolute Gasteiger partial charge is 0.237 e. The first-order chi connectivity index (χ1) is 14.0. The number of benzene rings is 3. The lowest BCUT2D eigenvalue weighted by atomic mass is 10.1. The Morgan fingerprint density at radius 3 is 2.62 bits per heavy atom. The molecule has 4 aromatic rings. The molecular weight excluding hydrogens is 450 g/mol. The number of hydrogen-bond acceptors (Lipinski definition) is 5. The molecule has 8 heteroatoms. The maximum atomic E-state index is 12.8. The Balaban J connectivity index is 1.52. The zero-order chi connectivity index (χ0) is 20.4. The number of nitrogens with one attached hydrogen (secondary N) is 1. The van der Waals surface area contributed by atoms with E-state index >= 15 is 0 Å². The fraction of sp³-hybridized carbons (Fsp3) is 0.0952. The largest absolute Gasteiger partial charge is 0.335 e. The molecule has 1 aromatic heterocycles. The second-order valence-electron chi connectivity index (χ2n) is 6.43. The third-order valence-electron chi connectivity index (χ3n) is 4.48. The van der Waals surface area contributed by atoms with Crippen LogP contribution in [0, 0.1) is 0 Å². The average molecular weight is 468 g/mol. The number of anilines is 1. The SMILES string of the molecule is CC(Sc1nnc(-c2ccccc2Br)n1N)C(=O)Nc1cccc2ccccc12. The fourth-order valence-electron chi connectivity index (χ4n) is 2.96. The fourth-order valence-corrected chi connectivity index (χ4v) is 4.20. The molecule has 146 valence electrons. The van der Waals surface area contributed by atoms with Gasteiger partial charge in [0.2, 0.25) is 11.1 Å². The van der Waals surface area contributed by atoms with Crippen molar-refractivity contribution in [2.45, 2.75) is 17.3 Å². The highest BCUT2D eigenvalue weighted by Crippen LogP contribution is 2.30. The van der Waals surface area contributed by atoms with Crippen molar-refractivity contribution in [3.8, 4) is 11.4 Å². The lowest BCUT2D eigenvalue weighted by Gasteiger charge is -2.13. The number of nitrogen functional groups attached to an aromatic ring is 1. The van der Waals surface area contributed by atoms with Gasteiger partial charge < -0.3 is 11.2 Å². The van der Waals surface area contributed by atoms with Crippen LogP contribution in [0.2, 0.25) is 0 Å². The molecule has 0 bridgehead atoms. The Bertz CT molecular complexity index is 1190. The minimum absolute atomic E-state index is 0.128. The monoisotopic (exact) mass is 467 g/mol. The van der Waals surface area contributed by atoms with Gasteiger partial charge in [0.05, 0.1) is 5.25 Å². The average Bonchev–Trinajstić information content (AvgIpc) is 3.08. The van der Waals surface area contributed by atoms with Gasteiger partial charge in [0.1, 0.15) is 0 Å². The van der Waals surface area contributed by atoms with E-state index in [1.807, 2.05) is 73.7 Å². The summed E-state index contributed by atoms with van der Waals surface area (Å²) in [7, 11) is 0. The van der Waals surface area contributed by atoms with Crippen LogP contribution in [0.25, 0.3) is 22.2 Å². The molecule has 1 heterocycles. The van der Waals surface area contributed by atoms with Crippen LogP contribution in [0.5, 0.6) is 0 Å². The van der Waals surface area contributed by atoms with Gasteiger partial charge in [-0.2, -0.15) is 0 Å². The highest BCUT2D eigenvalue weighted by molar-refractivity contribution is 9.10. The number of thioether (sulfide) groups is 1. The summed E-state index contributed by atoms with van der Waals surface area (Å²) in [4.78, 5) is 12.8. The van der Waals surface area contributed by atoms with Gasteiger partial charge in [0.25, 0.3) is 0 Å². The Labute approximate surface area is 180 Å². The Morgan fingerprint density at radius 2 is 1.79 bits per heavy atom. The summed E-state index contributed by atoms with van der Waals surface area (Å²) in [6.45, 7) is 1.82.